The van der Waals surface area contributed by atoms with Gasteiger partial charge in [0.05, 0.1) is 30.9 Å². The van der Waals surface area contributed by atoms with Crippen LogP contribution in [0.3, 0.4) is 0 Å². The Bertz CT molecular complexity index is 1110. The molecule has 0 fully saturated rings. The monoisotopic (exact) mass is 388 g/mol. The number of nitrogens with two attached hydrogens (primary N) is 1. The smallest absolute Gasteiger partial charge is 0.244 e. The summed E-state index contributed by atoms with van der Waals surface area (Å²) in [5, 5.41) is 17.1. The van der Waals surface area contributed by atoms with E-state index in [0.717, 1.165) is 22.4 Å². The van der Waals surface area contributed by atoms with Crippen molar-refractivity contribution >= 4 is 0 Å². The van der Waals surface area contributed by atoms with Gasteiger partial charge in [-0.2, -0.15) is 5.26 Å². The number of nitrogens with zero attached hydrogens (tertiary/aromatic N) is 2. The predicted molar refractivity (Wildman–Crippen MR) is 107 cm³/mol. The van der Waals surface area contributed by atoms with Gasteiger partial charge in [-0.3, -0.25) is 5.10 Å². The highest BCUT2D eigenvalue weighted by molar-refractivity contribution is 5.72. The van der Waals surface area contributed by atoms with E-state index in [0.29, 0.717) is 29.6 Å². The summed E-state index contributed by atoms with van der Waals surface area (Å²) in [5.41, 5.74) is 9.63. The standard InChI is InChI=1S/C22H20N4O3/c1-3-28-16-10-9-14(11-17(16)27-2)20-19-18(13-7-5-4-6-8-13)15(12-23)21(24)29-22(19)26-25-20/h4-11,18H,3,24H2,1-2H3,(H,25,26). The number of nitrogens with one attached hydrogen (secondary N) is 1. The van der Waals surface area contributed by atoms with E-state index < -0.39 is 5.92 Å². The van der Waals surface area contributed by atoms with Crippen LogP contribution < -0.4 is 19.9 Å². The lowest BCUT2D eigenvalue weighted by Crippen LogP contribution is -2.20. The Kier molecular flexibility index (Phi) is 4.83. The number of nitriles is 1. The fraction of sp³-hybridized carbons (Fsp3) is 0.182. The fourth-order valence-corrected chi connectivity index (χ4v) is 3.54. The third-order valence-electron chi connectivity index (χ3n) is 4.82. The molecule has 0 spiro atoms. The zero-order valence-corrected chi connectivity index (χ0v) is 16.1. The van der Waals surface area contributed by atoms with E-state index in [4.69, 9.17) is 19.9 Å². The first-order valence-corrected chi connectivity index (χ1v) is 9.19. The molecule has 4 rings (SSSR count). The van der Waals surface area contributed by atoms with Gasteiger partial charge < -0.3 is 19.9 Å². The molecule has 146 valence electrons. The van der Waals surface area contributed by atoms with E-state index >= 15 is 0 Å². The third-order valence-corrected chi connectivity index (χ3v) is 4.82. The molecule has 1 atom stereocenters. The van der Waals surface area contributed by atoms with Gasteiger partial charge in [-0.1, -0.05) is 30.3 Å². The first-order valence-electron chi connectivity index (χ1n) is 9.19. The second-order valence-corrected chi connectivity index (χ2v) is 6.45. The van der Waals surface area contributed by atoms with Crippen LogP contribution in [0, 0.1) is 11.3 Å². The summed E-state index contributed by atoms with van der Waals surface area (Å²) in [6.07, 6.45) is 0. The van der Waals surface area contributed by atoms with Crippen molar-refractivity contribution in [3.8, 4) is 34.7 Å². The minimum atomic E-state index is -0.392. The second kappa shape index (κ2) is 7.60. The fourth-order valence-electron chi connectivity index (χ4n) is 3.54. The van der Waals surface area contributed by atoms with Gasteiger partial charge in [-0.05, 0) is 30.7 Å². The number of H-pyrrole nitrogens is 1. The lowest BCUT2D eigenvalue weighted by Gasteiger charge is -2.24. The molecule has 2 heterocycles. The SMILES string of the molecule is CCOc1ccc(-c2[nH]nc3c2C(c2ccccc2)C(C#N)=C(N)O3)cc1OC. The van der Waals surface area contributed by atoms with Crippen LogP contribution in [0.2, 0.25) is 0 Å². The summed E-state index contributed by atoms with van der Waals surface area (Å²) in [5.74, 6) is 1.30. The normalized spacial score (nSPS) is 15.3. The molecule has 0 saturated carbocycles. The maximum atomic E-state index is 9.76. The molecule has 29 heavy (non-hydrogen) atoms. The van der Waals surface area contributed by atoms with Crippen molar-refractivity contribution in [1.82, 2.24) is 10.2 Å². The van der Waals surface area contributed by atoms with Crippen molar-refractivity contribution in [3.05, 3.63) is 71.1 Å². The van der Waals surface area contributed by atoms with E-state index in [1.165, 1.54) is 0 Å². The second-order valence-electron chi connectivity index (χ2n) is 6.45. The van der Waals surface area contributed by atoms with Gasteiger partial charge >= 0.3 is 0 Å². The molecular weight excluding hydrogens is 368 g/mol. The lowest BCUT2D eigenvalue weighted by molar-refractivity contribution is 0.311. The average molecular weight is 388 g/mol. The maximum absolute atomic E-state index is 9.76. The first kappa shape index (κ1) is 18.4. The molecule has 7 heteroatoms. The number of benzene rings is 2. The van der Waals surface area contributed by atoms with Crippen molar-refractivity contribution < 1.29 is 14.2 Å². The average Bonchev–Trinajstić information content (AvgIpc) is 3.17. The topological polar surface area (TPSA) is 106 Å². The molecule has 0 bridgehead atoms. The van der Waals surface area contributed by atoms with Gasteiger partial charge in [-0.25, -0.2) is 0 Å². The Labute approximate surface area is 168 Å². The molecule has 2 aromatic carbocycles. The molecule has 1 unspecified atom stereocenters. The Morgan fingerprint density at radius 3 is 2.69 bits per heavy atom. The quantitative estimate of drug-likeness (QED) is 0.690. The van der Waals surface area contributed by atoms with Crippen LogP contribution in [0.1, 0.15) is 24.0 Å². The van der Waals surface area contributed by atoms with Crippen LogP contribution in [0.15, 0.2) is 60.0 Å². The van der Waals surface area contributed by atoms with Crippen LogP contribution in [-0.4, -0.2) is 23.9 Å². The molecule has 0 amide bonds. The number of rotatable bonds is 5. The van der Waals surface area contributed by atoms with Gasteiger partial charge in [0.2, 0.25) is 11.8 Å². The Hall–Kier alpha value is -3.92. The lowest BCUT2D eigenvalue weighted by atomic mass is 9.83. The summed E-state index contributed by atoms with van der Waals surface area (Å²) >= 11 is 0. The van der Waals surface area contributed by atoms with Crippen molar-refractivity contribution in [2.45, 2.75) is 12.8 Å². The van der Waals surface area contributed by atoms with Gasteiger partial charge in [0.1, 0.15) is 11.6 Å². The van der Waals surface area contributed by atoms with Crippen molar-refractivity contribution in [1.29, 1.82) is 5.26 Å². The Morgan fingerprint density at radius 1 is 1.21 bits per heavy atom. The Balaban J connectivity index is 1.89. The minimum Gasteiger partial charge on any atom is -0.493 e. The van der Waals surface area contributed by atoms with E-state index in [9.17, 15) is 5.26 Å². The van der Waals surface area contributed by atoms with E-state index in [2.05, 4.69) is 16.3 Å². The molecule has 7 nitrogen and oxygen atoms in total. The summed E-state index contributed by atoms with van der Waals surface area (Å²) in [4.78, 5) is 0. The highest BCUT2D eigenvalue weighted by Gasteiger charge is 2.35. The van der Waals surface area contributed by atoms with Gasteiger partial charge in [0, 0.05) is 5.56 Å². The third kappa shape index (κ3) is 3.15. The number of ether oxygens (including phenoxy) is 3. The molecule has 3 N–H and O–H groups in total. The maximum Gasteiger partial charge on any atom is 0.244 e. The molecule has 0 aliphatic carbocycles. The molecule has 1 aliphatic heterocycles. The molecule has 0 saturated heterocycles. The zero-order valence-electron chi connectivity index (χ0n) is 16.1. The number of allylic oxidation sites excluding steroid dienone is 1. The summed E-state index contributed by atoms with van der Waals surface area (Å²) in [7, 11) is 1.59. The molecule has 1 aliphatic rings. The van der Waals surface area contributed by atoms with Gasteiger partial charge in [0.15, 0.2) is 11.5 Å². The highest BCUT2D eigenvalue weighted by atomic mass is 16.5. The number of hydrogen-bond donors (Lipinski definition) is 2. The number of fused-ring (bicyclic) bond motifs is 1. The number of aromatic amines is 1. The molecule has 1 aromatic heterocycles. The van der Waals surface area contributed by atoms with Gasteiger partial charge in [0.25, 0.3) is 0 Å². The molecular formula is C22H20N4O3. The van der Waals surface area contributed by atoms with E-state index in [1.807, 2.05) is 55.5 Å². The first-order chi connectivity index (χ1) is 14.2. The van der Waals surface area contributed by atoms with E-state index in [1.54, 1.807) is 7.11 Å². The Morgan fingerprint density at radius 2 is 2.00 bits per heavy atom. The number of methoxy groups -OCH3 is 1. The minimum absolute atomic E-state index is 0.0659. The number of aromatic nitrogens is 2. The highest BCUT2D eigenvalue weighted by Crippen LogP contribution is 2.46. The van der Waals surface area contributed by atoms with Crippen LogP contribution in [0.4, 0.5) is 0 Å². The largest absolute Gasteiger partial charge is 0.493 e. The van der Waals surface area contributed by atoms with Crippen molar-refractivity contribution in [3.63, 3.8) is 0 Å². The van der Waals surface area contributed by atoms with Crippen LogP contribution in [0.25, 0.3) is 11.3 Å². The summed E-state index contributed by atoms with van der Waals surface area (Å²) in [6.45, 7) is 2.45. The van der Waals surface area contributed by atoms with Crippen LogP contribution in [0.5, 0.6) is 17.4 Å². The predicted octanol–water partition coefficient (Wildman–Crippen LogP) is 3.70. The summed E-state index contributed by atoms with van der Waals surface area (Å²) in [6, 6.07) is 17.5. The molecule has 0 radical (unpaired) electrons. The summed E-state index contributed by atoms with van der Waals surface area (Å²) < 4.78 is 16.7. The molecule has 3 aromatic rings. The van der Waals surface area contributed by atoms with E-state index in [-0.39, 0.29) is 5.88 Å². The van der Waals surface area contributed by atoms with Crippen molar-refractivity contribution in [2.75, 3.05) is 13.7 Å². The van der Waals surface area contributed by atoms with Crippen LogP contribution >= 0.6 is 0 Å². The number of hydrogen-bond acceptors (Lipinski definition) is 6. The van der Waals surface area contributed by atoms with Crippen molar-refractivity contribution in [2.24, 2.45) is 5.73 Å². The van der Waals surface area contributed by atoms with Gasteiger partial charge in [-0.15, -0.1) is 5.10 Å². The zero-order chi connectivity index (χ0) is 20.4. The van der Waals surface area contributed by atoms with Crippen LogP contribution in [-0.2, 0) is 0 Å².